The van der Waals surface area contributed by atoms with E-state index in [0.29, 0.717) is 0 Å². The summed E-state index contributed by atoms with van der Waals surface area (Å²) in [6, 6.07) is 0. The minimum atomic E-state index is -0.741. The van der Waals surface area contributed by atoms with Crippen molar-refractivity contribution in [3.63, 3.8) is 0 Å². The number of methoxy groups -OCH3 is 2. The molecule has 0 aliphatic rings. The van der Waals surface area contributed by atoms with Gasteiger partial charge in [0, 0.05) is 20.0 Å². The zero-order valence-electron chi connectivity index (χ0n) is 16.5. The molecule has 2 atom stereocenters. The fourth-order valence-electron chi connectivity index (χ4n) is 1.91. The van der Waals surface area contributed by atoms with Crippen LogP contribution in [0.4, 0.5) is 0 Å². The molecule has 0 aromatic rings. The number of nitrogens with zero attached hydrogens (tertiary/aromatic N) is 1. The van der Waals surface area contributed by atoms with E-state index in [-0.39, 0.29) is 45.2 Å². The quantitative estimate of drug-likeness (QED) is 0.241. The van der Waals surface area contributed by atoms with Crippen LogP contribution >= 0.6 is 0 Å². The molecule has 0 rings (SSSR count). The summed E-state index contributed by atoms with van der Waals surface area (Å²) >= 11 is 0. The molecule has 0 aliphatic carbocycles. The molecule has 0 aliphatic heterocycles. The standard InChI is InChI=1S/C17H29NO9/c1-12(16(21)23-4)25-9-8-18(14(3)19)7-6-15(20)27-11-10-26-13(2)17(22)24-5/h12-13H,6-11H2,1-5H3/t12?,13-/m0/s1. The van der Waals surface area contributed by atoms with Crippen LogP contribution in [0, 0.1) is 0 Å². The highest BCUT2D eigenvalue weighted by Crippen LogP contribution is 1.99. The average Bonchev–Trinajstić information content (AvgIpc) is 2.65. The summed E-state index contributed by atoms with van der Waals surface area (Å²) in [6.07, 6.45) is -1.48. The van der Waals surface area contributed by atoms with Gasteiger partial charge < -0.3 is 28.6 Å². The van der Waals surface area contributed by atoms with Crippen molar-refractivity contribution in [2.45, 2.75) is 39.4 Å². The number of amides is 1. The van der Waals surface area contributed by atoms with E-state index >= 15 is 0 Å². The van der Waals surface area contributed by atoms with Crippen LogP contribution in [0.5, 0.6) is 0 Å². The van der Waals surface area contributed by atoms with Crippen molar-refractivity contribution < 1.29 is 42.9 Å². The van der Waals surface area contributed by atoms with Crippen molar-refractivity contribution in [3.8, 4) is 0 Å². The van der Waals surface area contributed by atoms with Gasteiger partial charge in [0.2, 0.25) is 5.91 Å². The molecule has 10 heteroatoms. The molecule has 1 amide bonds. The predicted molar refractivity (Wildman–Crippen MR) is 92.7 cm³/mol. The first-order valence-electron chi connectivity index (χ1n) is 8.52. The van der Waals surface area contributed by atoms with E-state index < -0.39 is 30.1 Å². The monoisotopic (exact) mass is 391 g/mol. The van der Waals surface area contributed by atoms with Crippen molar-refractivity contribution in [3.05, 3.63) is 0 Å². The zero-order chi connectivity index (χ0) is 20.8. The number of ether oxygens (including phenoxy) is 5. The van der Waals surface area contributed by atoms with Crippen molar-refractivity contribution in [1.82, 2.24) is 4.90 Å². The zero-order valence-corrected chi connectivity index (χ0v) is 16.5. The molecule has 0 bridgehead atoms. The molecular formula is C17H29NO9. The molecule has 1 unspecified atom stereocenters. The average molecular weight is 391 g/mol. The Morgan fingerprint density at radius 3 is 1.81 bits per heavy atom. The molecule has 0 heterocycles. The number of esters is 3. The van der Waals surface area contributed by atoms with Gasteiger partial charge in [0.25, 0.3) is 0 Å². The first kappa shape index (κ1) is 24.8. The van der Waals surface area contributed by atoms with Gasteiger partial charge in [-0.2, -0.15) is 0 Å². The summed E-state index contributed by atoms with van der Waals surface area (Å²) in [5, 5.41) is 0. The number of carbonyl (C=O) groups excluding carboxylic acids is 4. The maximum atomic E-state index is 11.7. The maximum Gasteiger partial charge on any atom is 0.334 e. The van der Waals surface area contributed by atoms with Gasteiger partial charge in [-0.15, -0.1) is 0 Å². The molecule has 0 saturated carbocycles. The Hall–Kier alpha value is -2.20. The lowest BCUT2D eigenvalue weighted by Gasteiger charge is -2.21. The second kappa shape index (κ2) is 13.9. The third kappa shape index (κ3) is 11.2. The minimum Gasteiger partial charge on any atom is -0.467 e. The number of hydrogen-bond donors (Lipinski definition) is 0. The number of hydrogen-bond acceptors (Lipinski definition) is 9. The van der Waals surface area contributed by atoms with E-state index in [9.17, 15) is 19.2 Å². The second-order valence-corrected chi connectivity index (χ2v) is 5.55. The van der Waals surface area contributed by atoms with Gasteiger partial charge in [-0.1, -0.05) is 0 Å². The van der Waals surface area contributed by atoms with E-state index in [4.69, 9.17) is 14.2 Å². The third-order valence-corrected chi connectivity index (χ3v) is 3.54. The molecular weight excluding hydrogens is 362 g/mol. The molecule has 156 valence electrons. The van der Waals surface area contributed by atoms with Crippen LogP contribution in [0.2, 0.25) is 0 Å². The Bertz CT molecular complexity index is 495. The van der Waals surface area contributed by atoms with Gasteiger partial charge in [0.05, 0.1) is 33.9 Å². The smallest absolute Gasteiger partial charge is 0.334 e. The van der Waals surface area contributed by atoms with Crippen LogP contribution in [0.15, 0.2) is 0 Å². The first-order valence-corrected chi connectivity index (χ1v) is 8.52. The lowest BCUT2D eigenvalue weighted by Crippen LogP contribution is -2.35. The minimum absolute atomic E-state index is 0.00130. The van der Waals surface area contributed by atoms with E-state index in [1.165, 1.54) is 33.0 Å². The second-order valence-electron chi connectivity index (χ2n) is 5.55. The SMILES string of the molecule is COC(=O)C(C)OCCN(CCC(=O)OCCO[C@@H](C)C(=O)OC)C(C)=O. The molecule has 0 aromatic heterocycles. The summed E-state index contributed by atoms with van der Waals surface area (Å²) in [7, 11) is 2.51. The lowest BCUT2D eigenvalue weighted by molar-refractivity contribution is -0.155. The summed E-state index contributed by atoms with van der Waals surface area (Å²) in [4.78, 5) is 47.1. The van der Waals surface area contributed by atoms with Crippen LogP contribution < -0.4 is 0 Å². The highest BCUT2D eigenvalue weighted by Gasteiger charge is 2.16. The lowest BCUT2D eigenvalue weighted by atomic mass is 10.3. The fourth-order valence-corrected chi connectivity index (χ4v) is 1.91. The van der Waals surface area contributed by atoms with Gasteiger partial charge in [0.15, 0.2) is 12.2 Å². The van der Waals surface area contributed by atoms with Crippen LogP contribution in [-0.2, 0) is 42.9 Å². The number of rotatable bonds is 13. The summed E-state index contributed by atoms with van der Waals surface area (Å²) in [5.41, 5.74) is 0. The molecule has 0 radical (unpaired) electrons. The van der Waals surface area contributed by atoms with E-state index in [1.807, 2.05) is 0 Å². The highest BCUT2D eigenvalue weighted by molar-refractivity contribution is 5.75. The summed E-state index contributed by atoms with van der Waals surface area (Å²) in [6.45, 7) is 5.00. The molecule has 0 aromatic carbocycles. The van der Waals surface area contributed by atoms with Crippen LogP contribution in [0.25, 0.3) is 0 Å². The van der Waals surface area contributed by atoms with Gasteiger partial charge in [-0.25, -0.2) is 9.59 Å². The Morgan fingerprint density at radius 1 is 0.815 bits per heavy atom. The van der Waals surface area contributed by atoms with E-state index in [2.05, 4.69) is 9.47 Å². The Labute approximate surface area is 159 Å². The fraction of sp³-hybridized carbons (Fsp3) is 0.765. The third-order valence-electron chi connectivity index (χ3n) is 3.54. The predicted octanol–water partition coefficient (Wildman–Crippen LogP) is -0.0756. The molecule has 0 fully saturated rings. The van der Waals surface area contributed by atoms with Crippen molar-refractivity contribution >= 4 is 23.8 Å². The Kier molecular flexibility index (Phi) is 12.8. The van der Waals surface area contributed by atoms with Crippen LogP contribution in [-0.4, -0.2) is 88.1 Å². The largest absolute Gasteiger partial charge is 0.467 e. The molecule has 0 N–H and O–H groups in total. The summed E-state index contributed by atoms with van der Waals surface area (Å²) in [5.74, 6) is -1.74. The van der Waals surface area contributed by atoms with Gasteiger partial charge >= 0.3 is 17.9 Å². The van der Waals surface area contributed by atoms with Crippen molar-refractivity contribution in [1.29, 1.82) is 0 Å². The van der Waals surface area contributed by atoms with Gasteiger partial charge in [-0.3, -0.25) is 9.59 Å². The highest BCUT2D eigenvalue weighted by atomic mass is 16.6. The maximum absolute atomic E-state index is 11.7. The van der Waals surface area contributed by atoms with Crippen LogP contribution in [0.3, 0.4) is 0 Å². The van der Waals surface area contributed by atoms with Gasteiger partial charge in [0.1, 0.15) is 6.61 Å². The molecule has 27 heavy (non-hydrogen) atoms. The van der Waals surface area contributed by atoms with Crippen molar-refractivity contribution in [2.24, 2.45) is 0 Å². The van der Waals surface area contributed by atoms with Crippen LogP contribution in [0.1, 0.15) is 27.2 Å². The molecule has 0 spiro atoms. The summed E-state index contributed by atoms with van der Waals surface area (Å²) < 4.78 is 24.4. The van der Waals surface area contributed by atoms with E-state index in [0.717, 1.165) is 0 Å². The molecule has 10 nitrogen and oxygen atoms in total. The topological polar surface area (TPSA) is 118 Å². The van der Waals surface area contributed by atoms with E-state index in [1.54, 1.807) is 6.92 Å². The molecule has 0 saturated heterocycles. The normalized spacial score (nSPS) is 12.6. The Balaban J connectivity index is 4.05. The van der Waals surface area contributed by atoms with Gasteiger partial charge in [-0.05, 0) is 13.8 Å². The number of carbonyl (C=O) groups is 4. The Morgan fingerprint density at radius 2 is 1.33 bits per heavy atom. The first-order chi connectivity index (χ1) is 12.7. The van der Waals surface area contributed by atoms with Crippen molar-refractivity contribution in [2.75, 3.05) is 47.1 Å².